The van der Waals surface area contributed by atoms with Gasteiger partial charge in [-0.15, -0.1) is 0 Å². The molecule has 0 unspecified atom stereocenters. The average Bonchev–Trinajstić information content (AvgIpc) is 3.46. The predicted molar refractivity (Wildman–Crippen MR) is 337 cm³/mol. The minimum atomic E-state index is -0.000558. The fraction of sp³-hybridized carbons (Fsp3) is 0.632. The van der Waals surface area contributed by atoms with E-state index < -0.39 is 0 Å². The van der Waals surface area contributed by atoms with Gasteiger partial charge in [-0.2, -0.15) is 0 Å². The first-order valence-electron chi connectivity index (χ1n) is 31.7. The van der Waals surface area contributed by atoms with Crippen molar-refractivity contribution < 1.29 is 9.47 Å². The average molecular weight is 1050 g/mol. The molecule has 0 radical (unpaired) electrons. The van der Waals surface area contributed by atoms with Crippen molar-refractivity contribution in [3.8, 4) is 106 Å². The van der Waals surface area contributed by atoms with Crippen LogP contribution in [0.5, 0.6) is 11.5 Å². The second-order valence-corrected chi connectivity index (χ2v) is 24.1. The van der Waals surface area contributed by atoms with Crippen molar-refractivity contribution in [3.05, 3.63) is 58.7 Å². The number of ether oxygens (including phenoxy) is 2. The van der Waals surface area contributed by atoms with Crippen LogP contribution in [0.1, 0.15) is 308 Å². The molecule has 0 fully saturated rings. The quantitative estimate of drug-likeness (QED) is 0.245. The minimum absolute atomic E-state index is 0.000558. The molecule has 0 amide bonds. The van der Waals surface area contributed by atoms with Crippen LogP contribution in [0, 0.1) is 94.7 Å². The molecule has 0 N–H and O–H groups in total. The third-order valence-electron chi connectivity index (χ3n) is 15.0. The molecule has 420 valence electrons. The van der Waals surface area contributed by atoms with Gasteiger partial charge in [0.1, 0.15) is 11.5 Å². The summed E-state index contributed by atoms with van der Waals surface area (Å²) < 4.78 is 12.5. The third kappa shape index (κ3) is 36.6. The van der Waals surface area contributed by atoms with Crippen molar-refractivity contribution in [1.29, 1.82) is 0 Å². The van der Waals surface area contributed by atoms with Crippen molar-refractivity contribution in [2.24, 2.45) is 0 Å². The van der Waals surface area contributed by atoms with Gasteiger partial charge in [0.2, 0.25) is 0 Å². The van der Waals surface area contributed by atoms with Crippen LogP contribution in [0.2, 0.25) is 0 Å². The highest BCUT2D eigenvalue weighted by Gasteiger charge is 2.17. The maximum absolute atomic E-state index is 6.26. The summed E-state index contributed by atoms with van der Waals surface area (Å²) in [4.78, 5) is 0. The van der Waals surface area contributed by atoms with Gasteiger partial charge in [-0.1, -0.05) is 285 Å². The lowest BCUT2D eigenvalue weighted by molar-refractivity contribution is 0.303. The zero-order chi connectivity index (χ0) is 55.7. The van der Waals surface area contributed by atoms with E-state index in [1.807, 2.05) is 0 Å². The summed E-state index contributed by atoms with van der Waals surface area (Å²) in [5.74, 6) is 46.9. The first-order chi connectivity index (χ1) is 38.1. The van der Waals surface area contributed by atoms with E-state index in [0.717, 1.165) is 35.5 Å². The van der Waals surface area contributed by atoms with Crippen LogP contribution >= 0.6 is 0 Å². The van der Waals surface area contributed by atoms with Crippen molar-refractivity contribution in [2.45, 2.75) is 296 Å². The van der Waals surface area contributed by atoms with E-state index in [-0.39, 0.29) is 10.8 Å². The van der Waals surface area contributed by atoms with Gasteiger partial charge in [-0.3, -0.25) is 0 Å². The Labute approximate surface area is 481 Å². The van der Waals surface area contributed by atoms with Crippen LogP contribution in [0.15, 0.2) is 36.4 Å². The summed E-state index contributed by atoms with van der Waals surface area (Å²) in [5.41, 5.74) is 4.13. The standard InChI is InChI=1S/C76H104O2/c1-75(2,3)71-61-63-73-69(67-71)59-55-51-47-43-39-35-31-32-36-40-44-48-52-56-60-70-68-72(76(4,5)6)62-64-74(70)78-66-58-54-50-46-42-38-34-30-28-26-24-22-20-18-16-14-12-10-8-7-9-11-13-15-17-19-21-23-25-27-29-33-37-41-45-49-53-57-65-77-73/h61-64,67-68H,7-30,33-34,37-38,41-42,45-46,49-50,53-54,57-58,65-66H2,1-6H3. The van der Waals surface area contributed by atoms with Crippen LogP contribution in [0.3, 0.4) is 0 Å². The second kappa shape index (κ2) is 45.4. The molecule has 0 spiro atoms. The number of hydrogen-bond acceptors (Lipinski definition) is 2. The molecule has 1 aliphatic rings. The molecule has 0 saturated carbocycles. The predicted octanol–water partition coefficient (Wildman–Crippen LogP) is 20.3. The van der Waals surface area contributed by atoms with Crippen molar-refractivity contribution in [2.75, 3.05) is 13.2 Å². The first kappa shape index (κ1) is 66.8. The second-order valence-electron chi connectivity index (χ2n) is 24.1. The third-order valence-corrected chi connectivity index (χ3v) is 15.0. The zero-order valence-corrected chi connectivity index (χ0v) is 50.6. The smallest absolute Gasteiger partial charge is 0.134 e. The summed E-state index contributed by atoms with van der Waals surface area (Å²) in [5, 5.41) is 0. The summed E-state index contributed by atoms with van der Waals surface area (Å²) >= 11 is 0. The van der Waals surface area contributed by atoms with Gasteiger partial charge in [0.15, 0.2) is 0 Å². The number of benzene rings is 2. The Morgan fingerprint density at radius 2 is 0.423 bits per heavy atom. The lowest BCUT2D eigenvalue weighted by Crippen LogP contribution is -2.11. The molecule has 0 aromatic heterocycles. The summed E-state index contributed by atoms with van der Waals surface area (Å²) in [6.07, 6.45) is 52.7. The molecule has 2 nitrogen and oxygen atoms in total. The number of hydrogen-bond donors (Lipinski definition) is 0. The molecule has 78 heavy (non-hydrogen) atoms. The fourth-order valence-corrected chi connectivity index (χ4v) is 9.94. The van der Waals surface area contributed by atoms with Gasteiger partial charge in [-0.25, -0.2) is 0 Å². The highest BCUT2D eigenvalue weighted by atomic mass is 16.5. The first-order valence-corrected chi connectivity index (χ1v) is 31.7. The van der Waals surface area contributed by atoms with Crippen molar-refractivity contribution in [3.63, 3.8) is 0 Å². The molecule has 0 saturated heterocycles. The van der Waals surface area contributed by atoms with Gasteiger partial charge >= 0.3 is 0 Å². The largest absolute Gasteiger partial charge is 0.492 e. The molecule has 1 heterocycles. The molecule has 0 bridgehead atoms. The Balaban J connectivity index is 1.48. The highest BCUT2D eigenvalue weighted by Crippen LogP contribution is 2.30. The maximum atomic E-state index is 6.26. The molecule has 0 atom stereocenters. The highest BCUT2D eigenvalue weighted by molar-refractivity contribution is 5.54. The van der Waals surface area contributed by atoms with Crippen LogP contribution in [0.25, 0.3) is 0 Å². The Bertz CT molecular complexity index is 2290. The SMILES string of the molecule is CC(C)(C)c1ccc2c(c1)C#CC#CC#CC#CC#CC#CC#CC#Cc1cc(C(C)(C)C)ccc1OCCCCCCCCCCCCCCCCCCCCCCCCCCCCCCCCCCCCCCCCO2. The molecule has 2 heteroatoms. The topological polar surface area (TPSA) is 18.5 Å². The van der Waals surface area contributed by atoms with Crippen molar-refractivity contribution in [1.82, 2.24) is 0 Å². The minimum Gasteiger partial charge on any atom is -0.492 e. The summed E-state index contributed by atoms with van der Waals surface area (Å²) in [7, 11) is 0. The molecular weight excluding hydrogens is 945 g/mol. The fourth-order valence-electron chi connectivity index (χ4n) is 9.94. The Hall–Kier alpha value is -5.48. The lowest BCUT2D eigenvalue weighted by Gasteiger charge is -2.20. The lowest BCUT2D eigenvalue weighted by atomic mass is 9.86. The summed E-state index contributed by atoms with van der Waals surface area (Å²) in [6.45, 7) is 14.6. The van der Waals surface area contributed by atoms with E-state index in [1.165, 1.54) is 242 Å². The van der Waals surface area contributed by atoms with E-state index >= 15 is 0 Å². The Morgan fingerprint density at radius 3 is 0.615 bits per heavy atom. The van der Waals surface area contributed by atoms with Crippen LogP contribution < -0.4 is 9.47 Å². The molecule has 2 aromatic carbocycles. The van der Waals surface area contributed by atoms with E-state index in [1.54, 1.807) is 0 Å². The molecule has 2 aromatic rings. The van der Waals surface area contributed by atoms with Gasteiger partial charge in [-0.05, 0) is 154 Å². The number of rotatable bonds is 0. The molecule has 0 aliphatic carbocycles. The van der Waals surface area contributed by atoms with Crippen molar-refractivity contribution >= 4 is 0 Å². The van der Waals surface area contributed by atoms with Gasteiger partial charge in [0.25, 0.3) is 0 Å². The van der Waals surface area contributed by atoms with Crippen LogP contribution in [-0.4, -0.2) is 13.2 Å². The maximum Gasteiger partial charge on any atom is 0.134 e. The Morgan fingerprint density at radius 1 is 0.244 bits per heavy atom. The van der Waals surface area contributed by atoms with Gasteiger partial charge in [0, 0.05) is 0 Å². The van der Waals surface area contributed by atoms with E-state index in [0.29, 0.717) is 13.2 Å². The summed E-state index contributed by atoms with van der Waals surface area (Å²) in [6, 6.07) is 12.7. The Kier molecular flexibility index (Phi) is 38.9. The van der Waals surface area contributed by atoms with E-state index in [9.17, 15) is 0 Å². The zero-order valence-electron chi connectivity index (χ0n) is 50.6. The normalized spacial score (nSPS) is 17.8. The van der Waals surface area contributed by atoms with Gasteiger partial charge < -0.3 is 9.47 Å². The monoisotopic (exact) mass is 1050 g/mol. The molecule has 3 rings (SSSR count). The molecular formula is C76H104O2. The van der Waals surface area contributed by atoms with Gasteiger partial charge in [0.05, 0.1) is 24.3 Å². The number of fused-ring (bicyclic) bond motifs is 2. The van der Waals surface area contributed by atoms with Crippen LogP contribution in [0.4, 0.5) is 0 Å². The van der Waals surface area contributed by atoms with E-state index in [4.69, 9.17) is 9.47 Å². The molecule has 1 aliphatic heterocycles. The van der Waals surface area contributed by atoms with Crippen LogP contribution in [-0.2, 0) is 10.8 Å². The van der Waals surface area contributed by atoms with E-state index in [2.05, 4.69) is 173 Å².